The molecule has 0 radical (unpaired) electrons. The summed E-state index contributed by atoms with van der Waals surface area (Å²) in [4.78, 5) is 0. The van der Waals surface area contributed by atoms with Gasteiger partial charge in [0.15, 0.2) is 17.2 Å². The Bertz CT molecular complexity index is 948. The lowest BCUT2D eigenvalue weighted by atomic mass is 9.96. The van der Waals surface area contributed by atoms with E-state index in [-0.39, 0.29) is 11.3 Å². The standard InChI is InChI=1S/C19H14ClF3N2O2/c1-26-15-8-3-11(10-16(15)27-2)9-14-17(12-4-6-13(20)7-5-12)24-25-18(14)19(21,22)23/h3-10H,1-2H3/b14-9-. The summed E-state index contributed by atoms with van der Waals surface area (Å²) in [5.41, 5.74) is -0.0923. The SMILES string of the molecule is COc1ccc(/C=C2/C(c3ccc(Cl)cc3)=NN=C2C(F)(F)F)cc1OC. The van der Waals surface area contributed by atoms with Gasteiger partial charge in [-0.3, -0.25) is 0 Å². The summed E-state index contributed by atoms with van der Waals surface area (Å²) in [5.74, 6) is 0.878. The lowest BCUT2D eigenvalue weighted by Gasteiger charge is -2.12. The van der Waals surface area contributed by atoms with E-state index >= 15 is 0 Å². The summed E-state index contributed by atoms with van der Waals surface area (Å²) in [7, 11) is 2.93. The lowest BCUT2D eigenvalue weighted by molar-refractivity contribution is -0.0579. The van der Waals surface area contributed by atoms with Crippen LogP contribution in [0.2, 0.25) is 5.02 Å². The van der Waals surface area contributed by atoms with E-state index in [4.69, 9.17) is 21.1 Å². The smallest absolute Gasteiger partial charge is 0.435 e. The maximum absolute atomic E-state index is 13.4. The molecule has 1 aliphatic heterocycles. The van der Waals surface area contributed by atoms with Crippen LogP contribution in [0.3, 0.4) is 0 Å². The van der Waals surface area contributed by atoms with E-state index in [0.717, 1.165) is 0 Å². The topological polar surface area (TPSA) is 43.2 Å². The van der Waals surface area contributed by atoms with E-state index in [0.29, 0.717) is 27.6 Å². The van der Waals surface area contributed by atoms with Crippen molar-refractivity contribution in [2.24, 2.45) is 10.2 Å². The number of halogens is 4. The zero-order chi connectivity index (χ0) is 19.6. The lowest BCUT2D eigenvalue weighted by Crippen LogP contribution is -2.25. The van der Waals surface area contributed by atoms with Crippen LogP contribution in [0.25, 0.3) is 6.08 Å². The molecule has 4 nitrogen and oxygen atoms in total. The number of nitrogens with zero attached hydrogens (tertiary/aromatic N) is 2. The first kappa shape index (κ1) is 19.0. The number of benzene rings is 2. The summed E-state index contributed by atoms with van der Waals surface area (Å²) in [5, 5.41) is 7.59. The van der Waals surface area contributed by atoms with Gasteiger partial charge in [0, 0.05) is 16.2 Å². The number of allylic oxidation sites excluding steroid dienone is 1. The molecule has 1 aliphatic rings. The highest BCUT2D eigenvalue weighted by Crippen LogP contribution is 2.33. The molecule has 0 N–H and O–H groups in total. The zero-order valence-electron chi connectivity index (χ0n) is 14.3. The van der Waals surface area contributed by atoms with Gasteiger partial charge in [-0.05, 0) is 35.9 Å². The molecule has 3 rings (SSSR count). The predicted octanol–water partition coefficient (Wildman–Crippen LogP) is 5.16. The van der Waals surface area contributed by atoms with Crippen molar-refractivity contribution >= 4 is 29.1 Å². The molecule has 2 aromatic carbocycles. The van der Waals surface area contributed by atoms with E-state index in [1.54, 1.807) is 42.5 Å². The predicted molar refractivity (Wildman–Crippen MR) is 99.0 cm³/mol. The number of hydrogen-bond acceptors (Lipinski definition) is 4. The third-order valence-corrected chi connectivity index (χ3v) is 4.12. The van der Waals surface area contributed by atoms with Crippen molar-refractivity contribution in [3.8, 4) is 11.5 Å². The Balaban J connectivity index is 2.08. The zero-order valence-corrected chi connectivity index (χ0v) is 15.1. The summed E-state index contributed by atoms with van der Waals surface area (Å²) in [6, 6.07) is 11.2. The first-order valence-corrected chi connectivity index (χ1v) is 8.14. The van der Waals surface area contributed by atoms with Crippen LogP contribution in [0.5, 0.6) is 11.5 Å². The van der Waals surface area contributed by atoms with Crippen LogP contribution in [0, 0.1) is 0 Å². The van der Waals surface area contributed by atoms with Crippen LogP contribution >= 0.6 is 11.6 Å². The van der Waals surface area contributed by atoms with Crippen molar-refractivity contribution in [2.75, 3.05) is 14.2 Å². The second-order valence-corrected chi connectivity index (χ2v) is 6.01. The maximum Gasteiger partial charge on any atom is 0.435 e. The minimum Gasteiger partial charge on any atom is -0.493 e. The van der Waals surface area contributed by atoms with Crippen LogP contribution in [0.1, 0.15) is 11.1 Å². The minimum atomic E-state index is -4.64. The normalized spacial score (nSPS) is 15.6. The van der Waals surface area contributed by atoms with Crippen molar-refractivity contribution < 1.29 is 22.6 Å². The fourth-order valence-corrected chi connectivity index (χ4v) is 2.72. The molecular weight excluding hydrogens is 381 g/mol. The Morgan fingerprint density at radius 1 is 0.926 bits per heavy atom. The molecule has 0 saturated heterocycles. The molecule has 0 spiro atoms. The molecule has 0 bridgehead atoms. The molecular formula is C19H14ClF3N2O2. The second-order valence-electron chi connectivity index (χ2n) is 5.57. The van der Waals surface area contributed by atoms with Gasteiger partial charge in [0.05, 0.1) is 14.2 Å². The molecule has 0 atom stereocenters. The summed E-state index contributed by atoms with van der Waals surface area (Å²) in [6.45, 7) is 0. The quantitative estimate of drug-likeness (QED) is 0.718. The second kappa shape index (κ2) is 7.44. The van der Waals surface area contributed by atoms with Gasteiger partial charge in [0.1, 0.15) is 5.71 Å². The maximum atomic E-state index is 13.4. The van der Waals surface area contributed by atoms with E-state index in [1.807, 2.05) is 0 Å². The Hall–Kier alpha value is -2.80. The molecule has 27 heavy (non-hydrogen) atoms. The van der Waals surface area contributed by atoms with E-state index in [9.17, 15) is 13.2 Å². The molecule has 0 aliphatic carbocycles. The molecule has 2 aromatic rings. The van der Waals surface area contributed by atoms with Crippen molar-refractivity contribution in [1.82, 2.24) is 0 Å². The molecule has 0 saturated carbocycles. The molecule has 0 unspecified atom stereocenters. The van der Waals surface area contributed by atoms with Gasteiger partial charge >= 0.3 is 6.18 Å². The first-order chi connectivity index (χ1) is 12.8. The molecule has 0 fully saturated rings. The van der Waals surface area contributed by atoms with Crippen molar-refractivity contribution in [1.29, 1.82) is 0 Å². The van der Waals surface area contributed by atoms with Gasteiger partial charge in [0.2, 0.25) is 0 Å². The van der Waals surface area contributed by atoms with Gasteiger partial charge in [-0.1, -0.05) is 29.8 Å². The van der Waals surface area contributed by atoms with Crippen LogP contribution in [0.4, 0.5) is 13.2 Å². The van der Waals surface area contributed by atoms with Crippen LogP contribution in [-0.2, 0) is 0 Å². The number of rotatable bonds is 4. The average Bonchev–Trinajstić information content (AvgIpc) is 3.06. The van der Waals surface area contributed by atoms with Crippen molar-refractivity contribution in [3.05, 3.63) is 64.2 Å². The van der Waals surface area contributed by atoms with Gasteiger partial charge in [-0.15, -0.1) is 10.2 Å². The Morgan fingerprint density at radius 2 is 1.59 bits per heavy atom. The molecule has 0 amide bonds. The van der Waals surface area contributed by atoms with E-state index < -0.39 is 11.9 Å². The Morgan fingerprint density at radius 3 is 2.19 bits per heavy atom. The van der Waals surface area contributed by atoms with E-state index in [2.05, 4.69) is 10.2 Å². The Kier molecular flexibility index (Phi) is 5.23. The fourth-order valence-electron chi connectivity index (χ4n) is 2.60. The molecule has 8 heteroatoms. The number of ether oxygens (including phenoxy) is 2. The third kappa shape index (κ3) is 3.98. The fraction of sp³-hybridized carbons (Fsp3) is 0.158. The number of hydrogen-bond donors (Lipinski definition) is 0. The van der Waals surface area contributed by atoms with Crippen molar-refractivity contribution in [2.45, 2.75) is 6.18 Å². The van der Waals surface area contributed by atoms with Gasteiger partial charge in [-0.25, -0.2) is 0 Å². The summed E-state index contributed by atoms with van der Waals surface area (Å²) >= 11 is 5.86. The van der Waals surface area contributed by atoms with Gasteiger partial charge in [0.25, 0.3) is 0 Å². The third-order valence-electron chi connectivity index (χ3n) is 3.87. The minimum absolute atomic E-state index is 0.119. The number of methoxy groups -OCH3 is 2. The first-order valence-electron chi connectivity index (χ1n) is 7.76. The summed E-state index contributed by atoms with van der Waals surface area (Å²) in [6.07, 6.45) is -3.27. The van der Waals surface area contributed by atoms with Crippen LogP contribution in [-0.4, -0.2) is 31.8 Å². The van der Waals surface area contributed by atoms with E-state index in [1.165, 1.54) is 20.3 Å². The Labute approximate surface area is 158 Å². The average molecular weight is 395 g/mol. The molecule has 140 valence electrons. The molecule has 1 heterocycles. The highest BCUT2D eigenvalue weighted by atomic mass is 35.5. The van der Waals surface area contributed by atoms with Crippen LogP contribution in [0.15, 0.2) is 58.2 Å². The monoisotopic (exact) mass is 394 g/mol. The largest absolute Gasteiger partial charge is 0.493 e. The highest BCUT2D eigenvalue weighted by molar-refractivity contribution is 6.36. The highest BCUT2D eigenvalue weighted by Gasteiger charge is 2.42. The summed E-state index contributed by atoms with van der Waals surface area (Å²) < 4.78 is 50.6. The van der Waals surface area contributed by atoms with Gasteiger partial charge < -0.3 is 9.47 Å². The van der Waals surface area contributed by atoms with Gasteiger partial charge in [-0.2, -0.15) is 13.2 Å². The van der Waals surface area contributed by atoms with Crippen molar-refractivity contribution in [3.63, 3.8) is 0 Å². The number of alkyl halides is 3. The van der Waals surface area contributed by atoms with Crippen LogP contribution < -0.4 is 9.47 Å². The molecule has 0 aromatic heterocycles.